The first-order valence-electron chi connectivity index (χ1n) is 17.1. The fourth-order valence-electron chi connectivity index (χ4n) is 7.26. The van der Waals surface area contributed by atoms with Crippen molar-refractivity contribution in [3.63, 3.8) is 0 Å². The van der Waals surface area contributed by atoms with E-state index < -0.39 is 0 Å². The average molecular weight is 671 g/mol. The molecular weight excluding hydrogens is 641 g/mol. The summed E-state index contributed by atoms with van der Waals surface area (Å²) in [5.74, 6) is 0. The van der Waals surface area contributed by atoms with E-state index in [4.69, 9.17) is 9.40 Å². The van der Waals surface area contributed by atoms with Crippen molar-refractivity contribution in [3.05, 3.63) is 182 Å². The minimum atomic E-state index is 0.870. The van der Waals surface area contributed by atoms with Crippen LogP contribution in [-0.2, 0) is 0 Å². The predicted octanol–water partition coefficient (Wildman–Crippen LogP) is 13.8. The Morgan fingerprint density at radius 1 is 0.451 bits per heavy atom. The maximum Gasteiger partial charge on any atom is 0.136 e. The molecule has 4 heteroatoms. The molecule has 10 rings (SSSR count). The number of furan rings is 1. The van der Waals surface area contributed by atoms with Crippen molar-refractivity contribution in [1.29, 1.82) is 0 Å². The monoisotopic (exact) mass is 670 g/mol. The molecule has 0 spiro atoms. The van der Waals surface area contributed by atoms with Crippen LogP contribution in [0.25, 0.3) is 75.8 Å². The van der Waals surface area contributed by atoms with Crippen molar-refractivity contribution >= 4 is 71.3 Å². The molecule has 10 aromatic rings. The third-order valence-corrected chi connectivity index (χ3v) is 10.8. The number of hydrogen-bond acceptors (Lipinski definition) is 4. The van der Waals surface area contributed by atoms with Gasteiger partial charge in [0.2, 0.25) is 0 Å². The molecule has 0 fully saturated rings. The number of hydrogen-bond donors (Lipinski definition) is 0. The van der Waals surface area contributed by atoms with E-state index in [1.165, 1.54) is 21.0 Å². The van der Waals surface area contributed by atoms with Crippen LogP contribution in [0.1, 0.15) is 0 Å². The molecular formula is C47H30N2OS. The largest absolute Gasteiger partial charge is 0.456 e. The highest BCUT2D eigenvalue weighted by molar-refractivity contribution is 7.21. The number of benzene rings is 8. The van der Waals surface area contributed by atoms with Gasteiger partial charge < -0.3 is 9.32 Å². The summed E-state index contributed by atoms with van der Waals surface area (Å²) >= 11 is 1.72. The second-order valence-corrected chi connectivity index (χ2v) is 13.8. The molecule has 0 saturated carbocycles. The van der Waals surface area contributed by atoms with Gasteiger partial charge in [-0.25, -0.2) is 4.98 Å². The summed E-state index contributed by atoms with van der Waals surface area (Å²) in [7, 11) is 0. The van der Waals surface area contributed by atoms with E-state index in [0.29, 0.717) is 0 Å². The molecule has 51 heavy (non-hydrogen) atoms. The first kappa shape index (κ1) is 29.4. The zero-order chi connectivity index (χ0) is 33.7. The molecule has 8 aromatic carbocycles. The number of nitrogens with zero attached hydrogens (tertiary/aromatic N) is 2. The average Bonchev–Trinajstić information content (AvgIpc) is 3.81. The van der Waals surface area contributed by atoms with Gasteiger partial charge in [-0.3, -0.25) is 0 Å². The Bertz CT molecular complexity index is 2760. The lowest BCUT2D eigenvalue weighted by molar-refractivity contribution is 0.669. The van der Waals surface area contributed by atoms with Crippen LogP contribution < -0.4 is 4.90 Å². The smallest absolute Gasteiger partial charge is 0.136 e. The third kappa shape index (κ3) is 5.16. The third-order valence-electron chi connectivity index (χ3n) is 9.69. The molecule has 2 heterocycles. The van der Waals surface area contributed by atoms with Crippen molar-refractivity contribution in [1.82, 2.24) is 4.98 Å². The highest BCUT2D eigenvalue weighted by atomic mass is 32.1. The van der Waals surface area contributed by atoms with E-state index in [1.54, 1.807) is 11.3 Å². The Hall–Kier alpha value is -6.49. The van der Waals surface area contributed by atoms with E-state index in [9.17, 15) is 0 Å². The maximum atomic E-state index is 6.62. The Labute approximate surface area is 299 Å². The zero-order valence-corrected chi connectivity index (χ0v) is 28.3. The maximum absolute atomic E-state index is 6.62. The lowest BCUT2D eigenvalue weighted by Crippen LogP contribution is -2.09. The fraction of sp³-hybridized carbons (Fsp3) is 0. The molecule has 0 saturated heterocycles. The van der Waals surface area contributed by atoms with Gasteiger partial charge in [-0.1, -0.05) is 115 Å². The number of para-hydroxylation sites is 3. The van der Waals surface area contributed by atoms with Gasteiger partial charge in [0, 0.05) is 33.4 Å². The summed E-state index contributed by atoms with van der Waals surface area (Å²) in [6, 6.07) is 64.4. The van der Waals surface area contributed by atoms with Crippen LogP contribution in [0.15, 0.2) is 186 Å². The van der Waals surface area contributed by atoms with E-state index in [2.05, 4.69) is 181 Å². The molecule has 0 unspecified atom stereocenters. The normalized spacial score (nSPS) is 11.5. The van der Waals surface area contributed by atoms with Gasteiger partial charge in [0.15, 0.2) is 0 Å². The van der Waals surface area contributed by atoms with Crippen LogP contribution in [0, 0.1) is 0 Å². The molecule has 0 radical (unpaired) electrons. The summed E-state index contributed by atoms with van der Waals surface area (Å²) in [6.45, 7) is 0. The first-order valence-corrected chi connectivity index (χ1v) is 17.9. The number of thiazole rings is 1. The lowest BCUT2D eigenvalue weighted by Gasteiger charge is -2.25. The van der Waals surface area contributed by atoms with Gasteiger partial charge in [-0.05, 0) is 99.8 Å². The molecule has 0 atom stereocenters. The van der Waals surface area contributed by atoms with Gasteiger partial charge in [0.05, 0.1) is 10.2 Å². The predicted molar refractivity (Wildman–Crippen MR) is 215 cm³/mol. The van der Waals surface area contributed by atoms with Crippen molar-refractivity contribution in [2.75, 3.05) is 4.90 Å². The standard InChI is InChI=1S/C47H30N2OS/c1-3-12-36(13-4-1)49(37-14-5-2-6-15-37)38-26-23-32(24-27-38)31-19-21-34(22-20-31)40-29-35(47-48-41-17-9-10-18-44(41)51-47)30-43-46(40)45-39-16-8-7-11-33(39)25-28-42(45)50-43/h1-30H. The highest BCUT2D eigenvalue weighted by Gasteiger charge is 2.19. The topological polar surface area (TPSA) is 29.3 Å². The Morgan fingerprint density at radius 3 is 1.78 bits per heavy atom. The van der Waals surface area contributed by atoms with E-state index in [1.807, 2.05) is 6.07 Å². The van der Waals surface area contributed by atoms with Crippen molar-refractivity contribution < 1.29 is 4.42 Å². The highest BCUT2D eigenvalue weighted by Crippen LogP contribution is 2.44. The molecule has 240 valence electrons. The second kappa shape index (κ2) is 12.1. The zero-order valence-electron chi connectivity index (χ0n) is 27.5. The van der Waals surface area contributed by atoms with E-state index in [0.717, 1.165) is 71.8 Å². The molecule has 0 aliphatic rings. The molecule has 2 aromatic heterocycles. The van der Waals surface area contributed by atoms with Crippen LogP contribution in [0.2, 0.25) is 0 Å². The van der Waals surface area contributed by atoms with Gasteiger partial charge in [-0.2, -0.15) is 0 Å². The number of rotatable bonds is 6. The SMILES string of the molecule is c1ccc(N(c2ccccc2)c2ccc(-c3ccc(-c4cc(-c5nc6ccccc6s5)cc5oc6ccc7ccccc7c6c45)cc3)cc2)cc1. The number of aromatic nitrogens is 1. The van der Waals surface area contributed by atoms with Crippen molar-refractivity contribution in [2.24, 2.45) is 0 Å². The molecule has 0 aliphatic heterocycles. The van der Waals surface area contributed by atoms with E-state index in [-0.39, 0.29) is 0 Å². The number of anilines is 3. The summed E-state index contributed by atoms with van der Waals surface area (Å²) in [4.78, 5) is 7.30. The molecule has 0 bridgehead atoms. The van der Waals surface area contributed by atoms with Gasteiger partial charge in [0.25, 0.3) is 0 Å². The Morgan fingerprint density at radius 2 is 1.06 bits per heavy atom. The molecule has 0 aliphatic carbocycles. The summed E-state index contributed by atoms with van der Waals surface area (Å²) in [5.41, 5.74) is 11.8. The number of fused-ring (bicyclic) bond motifs is 6. The van der Waals surface area contributed by atoms with Crippen LogP contribution in [0.3, 0.4) is 0 Å². The molecule has 0 amide bonds. The summed E-state index contributed by atoms with van der Waals surface area (Å²) in [6.07, 6.45) is 0. The minimum Gasteiger partial charge on any atom is -0.456 e. The van der Waals surface area contributed by atoms with Crippen LogP contribution in [-0.4, -0.2) is 4.98 Å². The van der Waals surface area contributed by atoms with Crippen molar-refractivity contribution in [2.45, 2.75) is 0 Å². The van der Waals surface area contributed by atoms with Crippen molar-refractivity contribution in [3.8, 4) is 32.8 Å². The summed E-state index contributed by atoms with van der Waals surface area (Å²) in [5, 5.41) is 5.66. The van der Waals surface area contributed by atoms with Crippen LogP contribution >= 0.6 is 11.3 Å². The van der Waals surface area contributed by atoms with E-state index >= 15 is 0 Å². The van der Waals surface area contributed by atoms with Gasteiger partial charge in [0.1, 0.15) is 16.2 Å². The minimum absolute atomic E-state index is 0.870. The molecule has 3 nitrogen and oxygen atoms in total. The summed E-state index contributed by atoms with van der Waals surface area (Å²) < 4.78 is 7.80. The molecule has 0 N–H and O–H groups in total. The fourth-order valence-corrected chi connectivity index (χ4v) is 8.21. The van der Waals surface area contributed by atoms with Gasteiger partial charge >= 0.3 is 0 Å². The Balaban J connectivity index is 1.08. The quantitative estimate of drug-likeness (QED) is 0.176. The van der Waals surface area contributed by atoms with Gasteiger partial charge in [-0.15, -0.1) is 11.3 Å². The van der Waals surface area contributed by atoms with Crippen LogP contribution in [0.5, 0.6) is 0 Å². The second-order valence-electron chi connectivity index (χ2n) is 12.8. The Kier molecular flexibility index (Phi) is 7.00. The lowest BCUT2D eigenvalue weighted by atomic mass is 9.94. The van der Waals surface area contributed by atoms with Crippen LogP contribution in [0.4, 0.5) is 17.1 Å². The first-order chi connectivity index (χ1) is 25.3.